The molecule has 0 atom stereocenters. The number of amides is 1. The molecule has 0 radical (unpaired) electrons. The van der Waals surface area contributed by atoms with Gasteiger partial charge in [-0.2, -0.15) is 0 Å². The second-order valence-corrected chi connectivity index (χ2v) is 5.79. The van der Waals surface area contributed by atoms with Gasteiger partial charge >= 0.3 is 0 Å². The molecule has 2 aromatic rings. The lowest BCUT2D eigenvalue weighted by molar-refractivity contribution is 0.0925. The first-order valence-electron chi connectivity index (χ1n) is 8.69. The smallest absolute Gasteiger partial charge is 0.287 e. The van der Waals surface area contributed by atoms with Crippen molar-refractivity contribution in [2.45, 2.75) is 26.8 Å². The lowest BCUT2D eigenvalue weighted by Crippen LogP contribution is -2.38. The SMILES string of the molecule is CCNC(=NCc1ccc(F)cc1)NCCCNC(=O)c1occc1C. The van der Waals surface area contributed by atoms with Crippen molar-refractivity contribution in [3.8, 4) is 0 Å². The van der Waals surface area contributed by atoms with Gasteiger partial charge in [0.25, 0.3) is 5.91 Å². The van der Waals surface area contributed by atoms with Gasteiger partial charge < -0.3 is 20.4 Å². The van der Waals surface area contributed by atoms with Gasteiger partial charge in [0.05, 0.1) is 12.8 Å². The Morgan fingerprint density at radius 3 is 2.50 bits per heavy atom. The van der Waals surface area contributed by atoms with E-state index < -0.39 is 0 Å². The Hall–Kier alpha value is -2.83. The summed E-state index contributed by atoms with van der Waals surface area (Å²) in [4.78, 5) is 16.4. The summed E-state index contributed by atoms with van der Waals surface area (Å²) in [6.07, 6.45) is 2.25. The lowest BCUT2D eigenvalue weighted by atomic mass is 10.2. The molecule has 140 valence electrons. The molecule has 2 rings (SSSR count). The number of carbonyl (C=O) groups is 1. The third kappa shape index (κ3) is 6.23. The molecule has 7 heteroatoms. The number of benzene rings is 1. The van der Waals surface area contributed by atoms with Crippen LogP contribution in [-0.4, -0.2) is 31.5 Å². The van der Waals surface area contributed by atoms with Crippen LogP contribution in [0.1, 0.15) is 35.0 Å². The van der Waals surface area contributed by atoms with Crippen LogP contribution in [0.15, 0.2) is 46.0 Å². The number of rotatable bonds is 8. The van der Waals surface area contributed by atoms with Gasteiger partial charge in [-0.25, -0.2) is 9.38 Å². The van der Waals surface area contributed by atoms with E-state index in [-0.39, 0.29) is 11.7 Å². The minimum Gasteiger partial charge on any atom is -0.459 e. The van der Waals surface area contributed by atoms with E-state index in [1.807, 2.05) is 13.8 Å². The second kappa shape index (κ2) is 10.2. The van der Waals surface area contributed by atoms with E-state index >= 15 is 0 Å². The summed E-state index contributed by atoms with van der Waals surface area (Å²) in [6.45, 7) is 6.21. The molecule has 0 spiro atoms. The minimum absolute atomic E-state index is 0.204. The predicted molar refractivity (Wildman–Crippen MR) is 99.6 cm³/mol. The van der Waals surface area contributed by atoms with Crippen LogP contribution in [0.25, 0.3) is 0 Å². The summed E-state index contributed by atoms with van der Waals surface area (Å²) in [5.74, 6) is 0.580. The zero-order valence-electron chi connectivity index (χ0n) is 15.1. The standard InChI is InChI=1S/C19H25FN4O2/c1-3-21-19(24-13-15-5-7-16(20)8-6-15)23-11-4-10-22-18(25)17-14(2)9-12-26-17/h5-9,12H,3-4,10-11,13H2,1-2H3,(H,22,25)(H2,21,23,24). The van der Waals surface area contributed by atoms with Crippen molar-refractivity contribution < 1.29 is 13.6 Å². The fraction of sp³-hybridized carbons (Fsp3) is 0.368. The number of aryl methyl sites for hydroxylation is 1. The summed E-state index contributed by atoms with van der Waals surface area (Å²) >= 11 is 0. The first kappa shape index (κ1) is 19.5. The summed E-state index contributed by atoms with van der Waals surface area (Å²) < 4.78 is 18.1. The molecule has 1 heterocycles. The third-order valence-electron chi connectivity index (χ3n) is 3.68. The maximum atomic E-state index is 12.9. The van der Waals surface area contributed by atoms with E-state index in [2.05, 4.69) is 20.9 Å². The first-order valence-corrected chi connectivity index (χ1v) is 8.69. The Morgan fingerprint density at radius 2 is 1.85 bits per heavy atom. The molecule has 26 heavy (non-hydrogen) atoms. The van der Waals surface area contributed by atoms with Crippen molar-refractivity contribution in [2.75, 3.05) is 19.6 Å². The Morgan fingerprint density at radius 1 is 1.12 bits per heavy atom. The zero-order chi connectivity index (χ0) is 18.8. The van der Waals surface area contributed by atoms with Crippen LogP contribution in [0.2, 0.25) is 0 Å². The maximum Gasteiger partial charge on any atom is 0.287 e. The number of guanidine groups is 1. The molecule has 0 fully saturated rings. The Labute approximate surface area is 152 Å². The number of hydrogen-bond acceptors (Lipinski definition) is 3. The first-order chi connectivity index (χ1) is 12.6. The van der Waals surface area contributed by atoms with Gasteiger partial charge in [-0.15, -0.1) is 0 Å². The van der Waals surface area contributed by atoms with E-state index in [1.165, 1.54) is 18.4 Å². The van der Waals surface area contributed by atoms with Gasteiger partial charge in [-0.1, -0.05) is 12.1 Å². The van der Waals surface area contributed by atoms with Crippen molar-refractivity contribution >= 4 is 11.9 Å². The number of nitrogens with zero attached hydrogens (tertiary/aromatic N) is 1. The highest BCUT2D eigenvalue weighted by molar-refractivity contribution is 5.92. The molecule has 0 bridgehead atoms. The number of halogens is 1. The van der Waals surface area contributed by atoms with Crippen molar-refractivity contribution in [1.29, 1.82) is 0 Å². The second-order valence-electron chi connectivity index (χ2n) is 5.79. The number of aliphatic imine (C=N–C) groups is 1. The van der Waals surface area contributed by atoms with E-state index in [0.29, 0.717) is 31.4 Å². The quantitative estimate of drug-likeness (QED) is 0.384. The van der Waals surface area contributed by atoms with E-state index in [4.69, 9.17) is 4.42 Å². The zero-order valence-corrected chi connectivity index (χ0v) is 15.1. The molecule has 0 saturated heterocycles. The highest BCUT2D eigenvalue weighted by atomic mass is 19.1. The molecule has 1 amide bonds. The third-order valence-corrected chi connectivity index (χ3v) is 3.68. The van der Waals surface area contributed by atoms with Gasteiger partial charge in [0.2, 0.25) is 0 Å². The number of nitrogens with one attached hydrogen (secondary N) is 3. The molecular formula is C19H25FN4O2. The monoisotopic (exact) mass is 360 g/mol. The Balaban J connectivity index is 1.72. The number of hydrogen-bond donors (Lipinski definition) is 3. The Kier molecular flexibility index (Phi) is 7.67. The van der Waals surface area contributed by atoms with Gasteiger partial charge in [0.15, 0.2) is 11.7 Å². The van der Waals surface area contributed by atoms with Crippen LogP contribution in [0.3, 0.4) is 0 Å². The Bertz CT molecular complexity index is 725. The molecule has 0 aliphatic heterocycles. The molecule has 0 aliphatic rings. The van der Waals surface area contributed by atoms with Gasteiger partial charge in [0, 0.05) is 25.2 Å². The summed E-state index contributed by atoms with van der Waals surface area (Å²) in [5, 5.41) is 9.19. The minimum atomic E-state index is -0.255. The topological polar surface area (TPSA) is 78.7 Å². The molecule has 3 N–H and O–H groups in total. The van der Waals surface area contributed by atoms with Gasteiger partial charge in [0.1, 0.15) is 5.82 Å². The molecule has 1 aromatic heterocycles. The predicted octanol–water partition coefficient (Wildman–Crippen LogP) is 2.60. The maximum absolute atomic E-state index is 12.9. The van der Waals surface area contributed by atoms with E-state index in [0.717, 1.165) is 24.1 Å². The van der Waals surface area contributed by atoms with Gasteiger partial charge in [-0.3, -0.25) is 4.79 Å². The molecule has 6 nitrogen and oxygen atoms in total. The number of carbonyl (C=O) groups excluding carboxylic acids is 1. The summed E-state index contributed by atoms with van der Waals surface area (Å²) in [5.41, 5.74) is 1.76. The fourth-order valence-corrected chi connectivity index (χ4v) is 2.28. The average Bonchev–Trinajstić information content (AvgIpc) is 3.06. The van der Waals surface area contributed by atoms with Crippen LogP contribution < -0.4 is 16.0 Å². The van der Waals surface area contributed by atoms with E-state index in [1.54, 1.807) is 18.2 Å². The molecule has 1 aromatic carbocycles. The molecule has 0 unspecified atom stereocenters. The molecule has 0 aliphatic carbocycles. The van der Waals surface area contributed by atoms with Crippen LogP contribution in [0.5, 0.6) is 0 Å². The van der Waals surface area contributed by atoms with Crippen molar-refractivity contribution in [3.63, 3.8) is 0 Å². The normalized spacial score (nSPS) is 11.3. The summed E-state index contributed by atoms with van der Waals surface area (Å²) in [6, 6.07) is 8.04. The highest BCUT2D eigenvalue weighted by Crippen LogP contribution is 2.07. The fourth-order valence-electron chi connectivity index (χ4n) is 2.28. The van der Waals surface area contributed by atoms with Crippen molar-refractivity contribution in [2.24, 2.45) is 4.99 Å². The summed E-state index contributed by atoms with van der Waals surface area (Å²) in [7, 11) is 0. The van der Waals surface area contributed by atoms with Crippen LogP contribution in [-0.2, 0) is 6.54 Å². The lowest BCUT2D eigenvalue weighted by Gasteiger charge is -2.11. The van der Waals surface area contributed by atoms with Gasteiger partial charge in [-0.05, 0) is 44.0 Å². The van der Waals surface area contributed by atoms with Crippen LogP contribution in [0, 0.1) is 12.7 Å². The van der Waals surface area contributed by atoms with Crippen LogP contribution >= 0.6 is 0 Å². The highest BCUT2D eigenvalue weighted by Gasteiger charge is 2.11. The molecular weight excluding hydrogens is 335 g/mol. The van der Waals surface area contributed by atoms with Crippen LogP contribution in [0.4, 0.5) is 4.39 Å². The van der Waals surface area contributed by atoms with Crippen molar-refractivity contribution in [1.82, 2.24) is 16.0 Å². The van der Waals surface area contributed by atoms with E-state index in [9.17, 15) is 9.18 Å². The van der Waals surface area contributed by atoms with Crippen molar-refractivity contribution in [3.05, 3.63) is 59.3 Å². The number of furan rings is 1. The molecule has 0 saturated carbocycles. The largest absolute Gasteiger partial charge is 0.459 e. The average molecular weight is 360 g/mol.